The second-order valence-corrected chi connectivity index (χ2v) is 8.52. The number of hydrogen-bond acceptors (Lipinski definition) is 6. The molecule has 6 heteroatoms. The van der Waals surface area contributed by atoms with Crippen molar-refractivity contribution < 1.29 is 28.9 Å². The molecule has 0 aromatic carbocycles. The molecule has 0 amide bonds. The second kappa shape index (κ2) is 8.78. The fourth-order valence-electron chi connectivity index (χ4n) is 4.01. The van der Waals surface area contributed by atoms with E-state index < -0.39 is 36.2 Å². The molecule has 6 atom stereocenters. The Morgan fingerprint density at radius 3 is 2.46 bits per heavy atom. The van der Waals surface area contributed by atoms with E-state index in [0.717, 1.165) is 18.4 Å². The van der Waals surface area contributed by atoms with Gasteiger partial charge in [-0.05, 0) is 52.0 Å². The molecule has 0 aromatic rings. The summed E-state index contributed by atoms with van der Waals surface area (Å²) in [6.45, 7) is 12.6. The third kappa shape index (κ3) is 4.84. The topological polar surface area (TPSA) is 85.4 Å². The molecule has 1 N–H and O–H groups in total. The monoisotopic (exact) mass is 394 g/mol. The number of fused-ring (bicyclic) bond motifs is 1. The Labute approximate surface area is 167 Å². The van der Waals surface area contributed by atoms with Crippen LogP contribution in [0.15, 0.2) is 23.3 Å². The fraction of sp³-hybridized carbons (Fsp3) is 0.727. The molecule has 28 heavy (non-hydrogen) atoms. The number of carbonyl (C=O) groups excluding carboxylic acids is 2. The Bertz CT molecular complexity index is 664. The van der Waals surface area contributed by atoms with Gasteiger partial charge < -0.3 is 19.3 Å². The number of aliphatic hydroxyl groups excluding tert-OH is 1. The molecule has 6 nitrogen and oxygen atoms in total. The molecule has 1 fully saturated rings. The number of aliphatic hydroxyl groups is 1. The largest absolute Gasteiger partial charge is 0.459 e. The zero-order valence-electron chi connectivity index (χ0n) is 18.0. The minimum absolute atomic E-state index is 0.0246. The molecule has 1 aliphatic carbocycles. The first kappa shape index (κ1) is 22.6. The Hall–Kier alpha value is -1.66. The summed E-state index contributed by atoms with van der Waals surface area (Å²) >= 11 is 0. The molecule has 2 rings (SSSR count). The predicted molar refractivity (Wildman–Crippen MR) is 105 cm³/mol. The van der Waals surface area contributed by atoms with Crippen molar-refractivity contribution in [2.24, 2.45) is 11.8 Å². The van der Waals surface area contributed by atoms with Crippen molar-refractivity contribution in [1.82, 2.24) is 0 Å². The van der Waals surface area contributed by atoms with Gasteiger partial charge in [0, 0.05) is 18.4 Å². The van der Waals surface area contributed by atoms with Gasteiger partial charge in [0.15, 0.2) is 0 Å². The highest BCUT2D eigenvalue weighted by atomic mass is 16.6. The number of ether oxygens (including phenoxy) is 3. The molecule has 2 aliphatic rings. The van der Waals surface area contributed by atoms with Crippen LogP contribution in [0.25, 0.3) is 0 Å². The molecule has 0 radical (unpaired) electrons. The molecule has 0 saturated carbocycles. The number of epoxide rings is 1. The van der Waals surface area contributed by atoms with Crippen LogP contribution in [-0.4, -0.2) is 47.1 Å². The molecule has 0 bridgehead atoms. The van der Waals surface area contributed by atoms with E-state index in [1.165, 1.54) is 6.92 Å². The van der Waals surface area contributed by atoms with Gasteiger partial charge in [-0.3, -0.25) is 4.79 Å². The van der Waals surface area contributed by atoms with Gasteiger partial charge in [0.05, 0.1) is 5.60 Å². The maximum absolute atomic E-state index is 12.5. The van der Waals surface area contributed by atoms with Crippen LogP contribution in [0.3, 0.4) is 0 Å². The highest BCUT2D eigenvalue weighted by Crippen LogP contribution is 2.48. The lowest BCUT2D eigenvalue weighted by Gasteiger charge is -2.38. The van der Waals surface area contributed by atoms with E-state index in [1.807, 2.05) is 33.8 Å². The standard InChI is InChI=1S/C22H34O6/c1-8-13(4)21(25)27-18-16(12(2)3)19(26-15(6)23)20-22(7,28-20)11-9-10-14(5)17(18)24/h8,10,12,16-20,24H,9,11H2,1-7H3/b13-8+,14-10+/t16-,17-,18-,19?,20-,22+/m0/s1. The molecule has 0 spiro atoms. The number of allylic oxidation sites excluding steroid dienone is 2. The minimum atomic E-state index is -0.984. The third-order valence-electron chi connectivity index (χ3n) is 5.95. The van der Waals surface area contributed by atoms with Gasteiger partial charge in [0.25, 0.3) is 0 Å². The predicted octanol–water partition coefficient (Wildman–Crippen LogP) is 3.33. The SMILES string of the molecule is C/C=C(\C)C(=O)O[C@H]1[C@H](C(C)C)C(OC(C)=O)[C@@H]2O[C@]2(C)CC/C=C(\C)[C@@H]1O. The normalized spacial score (nSPS) is 38.1. The lowest BCUT2D eigenvalue weighted by molar-refractivity contribution is -0.169. The lowest BCUT2D eigenvalue weighted by atomic mass is 9.77. The Morgan fingerprint density at radius 1 is 1.29 bits per heavy atom. The maximum atomic E-state index is 12.5. The molecule has 1 heterocycles. The number of esters is 2. The van der Waals surface area contributed by atoms with E-state index in [1.54, 1.807) is 19.9 Å². The van der Waals surface area contributed by atoms with E-state index in [4.69, 9.17) is 14.2 Å². The summed E-state index contributed by atoms with van der Waals surface area (Å²) in [6.07, 6.45) is 2.42. The van der Waals surface area contributed by atoms with E-state index in [9.17, 15) is 14.7 Å². The Balaban J connectivity index is 2.51. The first-order valence-corrected chi connectivity index (χ1v) is 10.1. The van der Waals surface area contributed by atoms with Gasteiger partial charge >= 0.3 is 11.9 Å². The minimum Gasteiger partial charge on any atom is -0.459 e. The zero-order valence-corrected chi connectivity index (χ0v) is 18.0. The summed E-state index contributed by atoms with van der Waals surface area (Å²) in [5.41, 5.74) is 0.816. The van der Waals surface area contributed by atoms with Crippen LogP contribution in [0.5, 0.6) is 0 Å². The van der Waals surface area contributed by atoms with Gasteiger partial charge in [-0.25, -0.2) is 4.79 Å². The van der Waals surface area contributed by atoms with Crippen molar-refractivity contribution >= 4 is 11.9 Å². The van der Waals surface area contributed by atoms with Crippen LogP contribution < -0.4 is 0 Å². The molecule has 158 valence electrons. The molecule has 1 saturated heterocycles. The maximum Gasteiger partial charge on any atom is 0.333 e. The van der Waals surface area contributed by atoms with E-state index in [0.29, 0.717) is 5.57 Å². The van der Waals surface area contributed by atoms with Gasteiger partial charge in [-0.15, -0.1) is 0 Å². The molecular formula is C22H34O6. The zero-order chi connectivity index (χ0) is 21.2. The number of carbonyl (C=O) groups is 2. The van der Waals surface area contributed by atoms with Crippen LogP contribution in [0.2, 0.25) is 0 Å². The van der Waals surface area contributed by atoms with Crippen molar-refractivity contribution in [2.45, 2.75) is 91.3 Å². The number of hydrogen-bond donors (Lipinski definition) is 1. The van der Waals surface area contributed by atoms with Crippen LogP contribution in [0.1, 0.15) is 61.3 Å². The number of rotatable bonds is 4. The molecule has 1 aliphatic heterocycles. The third-order valence-corrected chi connectivity index (χ3v) is 5.95. The van der Waals surface area contributed by atoms with Crippen molar-refractivity contribution in [3.05, 3.63) is 23.3 Å². The average molecular weight is 395 g/mol. The molecule has 0 aromatic heterocycles. The van der Waals surface area contributed by atoms with Crippen LogP contribution in [-0.2, 0) is 23.8 Å². The second-order valence-electron chi connectivity index (χ2n) is 8.52. The summed E-state index contributed by atoms with van der Waals surface area (Å²) in [5, 5.41) is 11.1. The smallest absolute Gasteiger partial charge is 0.333 e. The van der Waals surface area contributed by atoms with Crippen molar-refractivity contribution in [3.8, 4) is 0 Å². The van der Waals surface area contributed by atoms with E-state index in [2.05, 4.69) is 0 Å². The van der Waals surface area contributed by atoms with Gasteiger partial charge in [0.1, 0.15) is 24.4 Å². The molecule has 1 unspecified atom stereocenters. The van der Waals surface area contributed by atoms with Gasteiger partial charge in [-0.2, -0.15) is 0 Å². The average Bonchev–Trinajstić information content (AvgIpc) is 3.28. The first-order valence-electron chi connectivity index (χ1n) is 10.1. The molecular weight excluding hydrogens is 360 g/mol. The summed E-state index contributed by atoms with van der Waals surface area (Å²) < 4.78 is 17.5. The highest BCUT2D eigenvalue weighted by molar-refractivity contribution is 5.87. The Kier molecular flexibility index (Phi) is 7.10. The fourth-order valence-corrected chi connectivity index (χ4v) is 4.01. The first-order chi connectivity index (χ1) is 13.0. The van der Waals surface area contributed by atoms with Crippen LogP contribution in [0, 0.1) is 11.8 Å². The summed E-state index contributed by atoms with van der Waals surface area (Å²) in [4.78, 5) is 24.4. The van der Waals surface area contributed by atoms with Gasteiger partial charge in [-0.1, -0.05) is 26.0 Å². The quantitative estimate of drug-likeness (QED) is 0.341. The summed E-state index contributed by atoms with van der Waals surface area (Å²) in [7, 11) is 0. The Morgan fingerprint density at radius 2 is 1.93 bits per heavy atom. The summed E-state index contributed by atoms with van der Waals surface area (Å²) in [6, 6.07) is 0. The lowest BCUT2D eigenvalue weighted by Crippen LogP contribution is -2.50. The van der Waals surface area contributed by atoms with E-state index in [-0.39, 0.29) is 17.6 Å². The summed E-state index contributed by atoms with van der Waals surface area (Å²) in [5.74, 6) is -1.34. The van der Waals surface area contributed by atoms with Gasteiger partial charge in [0.2, 0.25) is 0 Å². The van der Waals surface area contributed by atoms with Crippen molar-refractivity contribution in [1.29, 1.82) is 0 Å². The van der Waals surface area contributed by atoms with Crippen LogP contribution in [0.4, 0.5) is 0 Å². The van der Waals surface area contributed by atoms with Crippen LogP contribution >= 0.6 is 0 Å². The van der Waals surface area contributed by atoms with Crippen molar-refractivity contribution in [3.63, 3.8) is 0 Å². The highest BCUT2D eigenvalue weighted by Gasteiger charge is 2.61. The van der Waals surface area contributed by atoms with E-state index >= 15 is 0 Å². The van der Waals surface area contributed by atoms with Crippen molar-refractivity contribution in [2.75, 3.05) is 0 Å².